The summed E-state index contributed by atoms with van der Waals surface area (Å²) in [5.74, 6) is 0. The summed E-state index contributed by atoms with van der Waals surface area (Å²) in [6.07, 6.45) is 0. The molecule has 13 heteroatoms. The molecule has 0 heterocycles. The standard InChI is InChI=1S/Mg.H3O4P.7H2O/c;1-5(2,3)4;;;;;;;/h;(H3,1,2,3,4);7*1H2/q+2;;;;;;;;/p-3. The summed E-state index contributed by atoms with van der Waals surface area (Å²) in [6, 6.07) is 0. The predicted molar refractivity (Wildman–Crippen MR) is 38.7 cm³/mol. The zero-order valence-corrected chi connectivity index (χ0v) is 8.60. The second-order valence-electron chi connectivity index (χ2n) is 0.447. The van der Waals surface area contributed by atoms with Crippen LogP contribution < -0.4 is 14.7 Å². The molecule has 0 aliphatic heterocycles. The van der Waals surface area contributed by atoms with E-state index in [4.69, 9.17) is 19.2 Å². The van der Waals surface area contributed by atoms with Crippen molar-refractivity contribution >= 4 is 30.9 Å². The molecule has 0 radical (unpaired) electrons. The first-order chi connectivity index (χ1) is 2.00. The van der Waals surface area contributed by atoms with Gasteiger partial charge in [-0.1, -0.05) is 0 Å². The number of rotatable bonds is 0. The van der Waals surface area contributed by atoms with E-state index < -0.39 is 7.82 Å². The number of hydrogen-bond donors (Lipinski definition) is 0. The molecule has 0 atom stereocenters. The summed E-state index contributed by atoms with van der Waals surface area (Å²) in [5, 5.41) is 0. The first-order valence-electron chi connectivity index (χ1n) is 0.730. The van der Waals surface area contributed by atoms with E-state index in [1.54, 1.807) is 0 Å². The van der Waals surface area contributed by atoms with E-state index in [1.807, 2.05) is 0 Å². The van der Waals surface area contributed by atoms with Crippen LogP contribution in [-0.4, -0.2) is 61.4 Å². The van der Waals surface area contributed by atoms with Crippen LogP contribution >= 0.6 is 7.82 Å². The van der Waals surface area contributed by atoms with Crippen LogP contribution in [-0.2, 0) is 4.57 Å². The molecule has 14 N–H and O–H groups in total. The first-order valence-corrected chi connectivity index (χ1v) is 2.19. The topological polar surface area (TPSA) is 307 Å². The van der Waals surface area contributed by atoms with Gasteiger partial charge in [-0.2, -0.15) is 7.82 Å². The van der Waals surface area contributed by atoms with Crippen LogP contribution in [0.3, 0.4) is 0 Å². The largest absolute Gasteiger partial charge is 2.00 e. The van der Waals surface area contributed by atoms with Crippen molar-refractivity contribution in [2.75, 3.05) is 0 Å². The van der Waals surface area contributed by atoms with Crippen LogP contribution in [0, 0.1) is 0 Å². The smallest absolute Gasteiger partial charge is 0.822 e. The zero-order chi connectivity index (χ0) is 4.50. The van der Waals surface area contributed by atoms with E-state index in [2.05, 4.69) is 0 Å². The fourth-order valence-electron chi connectivity index (χ4n) is 0. The molecule has 0 saturated heterocycles. The molecule has 13 heavy (non-hydrogen) atoms. The van der Waals surface area contributed by atoms with Crippen LogP contribution in [0.15, 0.2) is 0 Å². The molecule has 0 rings (SSSR count). The van der Waals surface area contributed by atoms with Gasteiger partial charge in [0.15, 0.2) is 0 Å². The monoisotopic (exact) mass is 245 g/mol. The van der Waals surface area contributed by atoms with Gasteiger partial charge >= 0.3 is 23.1 Å². The Labute approximate surface area is 88.9 Å². The third kappa shape index (κ3) is 3980. The summed E-state index contributed by atoms with van der Waals surface area (Å²) in [7, 11) is -5.39. The van der Waals surface area contributed by atoms with E-state index in [9.17, 15) is 0 Å². The molecular weight excluding hydrogens is 231 g/mol. The van der Waals surface area contributed by atoms with Gasteiger partial charge in [-0.3, -0.25) is 0 Å². The normalized spacial score (nSPS) is 4.54. The molecule has 0 aliphatic carbocycles. The first kappa shape index (κ1) is 102. The second kappa shape index (κ2) is 38.9. The molecule has 0 fully saturated rings. The van der Waals surface area contributed by atoms with E-state index in [-0.39, 0.29) is 61.4 Å². The maximum absolute atomic E-state index is 8.55. The summed E-state index contributed by atoms with van der Waals surface area (Å²) >= 11 is 0. The fraction of sp³-hybridized carbons (Fsp3) is 0. The Hall–Kier alpha value is 0.596. The van der Waals surface area contributed by atoms with Gasteiger partial charge in [-0.05, 0) is 0 Å². The third-order valence-electron chi connectivity index (χ3n) is 0. The SMILES string of the molecule is O.O.O.O.O.O.O.O=P([O-])([O-])[O-].[Mg+2]. The summed E-state index contributed by atoms with van der Waals surface area (Å²) < 4.78 is 8.55. The molecule has 0 unspecified atom stereocenters. The Kier molecular flexibility index (Phi) is 306. The molecule has 0 amide bonds. The molecular formula is H14MgO11P-. The quantitative estimate of drug-likeness (QED) is 0.296. The van der Waals surface area contributed by atoms with E-state index in [1.165, 1.54) is 0 Å². The van der Waals surface area contributed by atoms with Gasteiger partial charge in [0, 0.05) is 0 Å². The Morgan fingerprint density at radius 1 is 0.615 bits per heavy atom. The van der Waals surface area contributed by atoms with Crippen molar-refractivity contribution in [3.05, 3.63) is 0 Å². The average molecular weight is 245 g/mol. The molecule has 0 aliphatic rings. The maximum Gasteiger partial charge on any atom is 2.00 e. The zero-order valence-electron chi connectivity index (χ0n) is 6.29. The minimum Gasteiger partial charge on any atom is -0.822 e. The minimum atomic E-state index is -5.39. The average Bonchev–Trinajstić information content (AvgIpc) is 0.722. The van der Waals surface area contributed by atoms with Crippen molar-refractivity contribution in [3.8, 4) is 0 Å². The van der Waals surface area contributed by atoms with Crippen molar-refractivity contribution in [2.24, 2.45) is 0 Å². The number of phosphoric acid groups is 1. The summed E-state index contributed by atoms with van der Waals surface area (Å²) in [4.78, 5) is 25.6. The molecule has 88 valence electrons. The minimum absolute atomic E-state index is 0. The van der Waals surface area contributed by atoms with Gasteiger partial charge in [0.05, 0.1) is 0 Å². The molecule has 0 aromatic rings. The molecule has 11 nitrogen and oxygen atoms in total. The van der Waals surface area contributed by atoms with Gasteiger partial charge in [0.1, 0.15) is 0 Å². The van der Waals surface area contributed by atoms with Crippen LogP contribution in [0.2, 0.25) is 0 Å². The Morgan fingerprint density at radius 3 is 0.615 bits per heavy atom. The van der Waals surface area contributed by atoms with Crippen molar-refractivity contribution in [1.82, 2.24) is 0 Å². The van der Waals surface area contributed by atoms with E-state index >= 15 is 0 Å². The number of hydrogen-bond acceptors (Lipinski definition) is 4. The van der Waals surface area contributed by atoms with Crippen molar-refractivity contribution in [3.63, 3.8) is 0 Å². The van der Waals surface area contributed by atoms with Crippen LogP contribution in [0.1, 0.15) is 0 Å². The summed E-state index contributed by atoms with van der Waals surface area (Å²) in [5.41, 5.74) is 0. The van der Waals surface area contributed by atoms with Gasteiger partial charge < -0.3 is 57.6 Å². The second-order valence-corrected chi connectivity index (χ2v) is 1.34. The van der Waals surface area contributed by atoms with Gasteiger partial charge in [-0.25, -0.2) is 0 Å². The van der Waals surface area contributed by atoms with Crippen molar-refractivity contribution in [2.45, 2.75) is 0 Å². The molecule has 0 aromatic carbocycles. The van der Waals surface area contributed by atoms with Gasteiger partial charge in [-0.15, -0.1) is 0 Å². The molecule has 0 saturated carbocycles. The summed E-state index contributed by atoms with van der Waals surface area (Å²) in [6.45, 7) is 0. The molecule has 0 aromatic heterocycles. The van der Waals surface area contributed by atoms with E-state index in [0.29, 0.717) is 0 Å². The molecule has 0 bridgehead atoms. The van der Waals surface area contributed by atoms with Gasteiger partial charge in [0.2, 0.25) is 0 Å². The van der Waals surface area contributed by atoms with Crippen molar-refractivity contribution < 1.29 is 57.6 Å². The van der Waals surface area contributed by atoms with Crippen LogP contribution in [0.5, 0.6) is 0 Å². The van der Waals surface area contributed by atoms with Gasteiger partial charge in [0.25, 0.3) is 0 Å². The van der Waals surface area contributed by atoms with Crippen LogP contribution in [0.4, 0.5) is 0 Å². The fourth-order valence-corrected chi connectivity index (χ4v) is 0. The Morgan fingerprint density at radius 2 is 0.615 bits per heavy atom. The Bertz CT molecular complexity index is 56.2. The van der Waals surface area contributed by atoms with Crippen molar-refractivity contribution in [1.29, 1.82) is 0 Å². The van der Waals surface area contributed by atoms with E-state index in [0.717, 1.165) is 0 Å². The predicted octanol–water partition coefficient (Wildman–Crippen LogP) is -8.98. The third-order valence-corrected chi connectivity index (χ3v) is 0. The molecule has 0 spiro atoms. The Balaban J connectivity index is -0.00000000286. The maximum atomic E-state index is 8.55. The van der Waals surface area contributed by atoms with Crippen LogP contribution in [0.25, 0.3) is 0 Å².